The first-order valence-electron chi connectivity index (χ1n) is 6.35. The third kappa shape index (κ3) is 1.89. The Kier molecular flexibility index (Phi) is 2.77. The molecule has 0 saturated heterocycles. The fourth-order valence-electron chi connectivity index (χ4n) is 2.49. The van der Waals surface area contributed by atoms with Gasteiger partial charge in [0.15, 0.2) is 0 Å². The Morgan fingerprint density at radius 1 is 1.32 bits per heavy atom. The summed E-state index contributed by atoms with van der Waals surface area (Å²) in [7, 11) is 1.74. The van der Waals surface area contributed by atoms with Crippen LogP contribution in [-0.4, -0.2) is 9.78 Å². The Bertz CT molecular complexity index is 630. The van der Waals surface area contributed by atoms with Gasteiger partial charge in [0.25, 0.3) is 0 Å². The molecule has 1 aromatic heterocycles. The maximum atomic E-state index is 14.0. The van der Waals surface area contributed by atoms with Crippen LogP contribution in [0.1, 0.15) is 30.9 Å². The molecule has 1 fully saturated rings. The maximum Gasteiger partial charge on any atom is 0.134 e. The number of nitrogens with two attached hydrogens (primary N) is 1. The van der Waals surface area contributed by atoms with Crippen molar-refractivity contribution in [1.29, 1.82) is 0 Å². The number of anilines is 1. The predicted octanol–water partition coefficient (Wildman–Crippen LogP) is 3.22. The van der Waals surface area contributed by atoms with Crippen LogP contribution >= 0.6 is 0 Å². The average Bonchev–Trinajstić information content (AvgIpc) is 2.54. The minimum Gasteiger partial charge on any atom is -0.383 e. The van der Waals surface area contributed by atoms with Crippen LogP contribution in [0, 0.1) is 11.6 Å². The first-order chi connectivity index (χ1) is 9.08. The Morgan fingerprint density at radius 2 is 2.05 bits per heavy atom. The van der Waals surface area contributed by atoms with Gasteiger partial charge in [-0.2, -0.15) is 5.10 Å². The second-order valence-electron chi connectivity index (χ2n) is 5.02. The third-order valence-corrected chi connectivity index (χ3v) is 3.81. The van der Waals surface area contributed by atoms with E-state index in [4.69, 9.17) is 5.73 Å². The van der Waals surface area contributed by atoms with Gasteiger partial charge in [-0.05, 0) is 25.0 Å². The van der Waals surface area contributed by atoms with Crippen LogP contribution in [0.15, 0.2) is 18.2 Å². The molecule has 1 aliphatic rings. The molecule has 2 N–H and O–H groups in total. The Labute approximate surface area is 110 Å². The van der Waals surface area contributed by atoms with E-state index in [2.05, 4.69) is 5.10 Å². The number of benzene rings is 1. The van der Waals surface area contributed by atoms with Crippen LogP contribution in [0.3, 0.4) is 0 Å². The lowest BCUT2D eigenvalue weighted by atomic mass is 9.80. The quantitative estimate of drug-likeness (QED) is 0.904. The van der Waals surface area contributed by atoms with Gasteiger partial charge in [0, 0.05) is 24.6 Å². The number of hydrogen-bond donors (Lipinski definition) is 1. The number of nitrogens with zero attached hydrogens (tertiary/aromatic N) is 2. The van der Waals surface area contributed by atoms with Gasteiger partial charge in [0.2, 0.25) is 0 Å². The summed E-state index contributed by atoms with van der Waals surface area (Å²) in [6, 6.07) is 3.56. The molecule has 19 heavy (non-hydrogen) atoms. The zero-order valence-corrected chi connectivity index (χ0v) is 10.7. The molecule has 0 radical (unpaired) electrons. The summed E-state index contributed by atoms with van der Waals surface area (Å²) in [6.07, 6.45) is 3.25. The van der Waals surface area contributed by atoms with E-state index >= 15 is 0 Å². The highest BCUT2D eigenvalue weighted by molar-refractivity contribution is 5.77. The van der Waals surface area contributed by atoms with E-state index in [1.165, 1.54) is 12.1 Å². The predicted molar refractivity (Wildman–Crippen MR) is 69.6 cm³/mol. The fourth-order valence-corrected chi connectivity index (χ4v) is 2.49. The lowest BCUT2D eigenvalue weighted by Gasteiger charge is -2.24. The normalized spacial score (nSPS) is 15.5. The van der Waals surface area contributed by atoms with E-state index in [-0.39, 0.29) is 0 Å². The summed E-state index contributed by atoms with van der Waals surface area (Å²) in [4.78, 5) is 0. The Hall–Kier alpha value is -1.91. The smallest absolute Gasteiger partial charge is 0.134 e. The zero-order chi connectivity index (χ0) is 13.6. The minimum absolute atomic E-state index is 0.328. The second-order valence-corrected chi connectivity index (χ2v) is 5.02. The van der Waals surface area contributed by atoms with Gasteiger partial charge in [-0.15, -0.1) is 0 Å². The summed E-state index contributed by atoms with van der Waals surface area (Å²) in [5.74, 6) is -0.426. The molecule has 1 aliphatic carbocycles. The van der Waals surface area contributed by atoms with Crippen LogP contribution in [0.5, 0.6) is 0 Å². The molecule has 0 aliphatic heterocycles. The van der Waals surface area contributed by atoms with E-state index in [1.54, 1.807) is 11.7 Å². The van der Waals surface area contributed by atoms with Gasteiger partial charge in [0.05, 0.1) is 11.3 Å². The van der Waals surface area contributed by atoms with Gasteiger partial charge < -0.3 is 5.73 Å². The van der Waals surface area contributed by atoms with Crippen molar-refractivity contribution in [3.8, 4) is 11.1 Å². The van der Waals surface area contributed by atoms with Gasteiger partial charge in [-0.3, -0.25) is 4.68 Å². The maximum absolute atomic E-state index is 14.0. The van der Waals surface area contributed by atoms with Gasteiger partial charge in [-0.1, -0.05) is 6.42 Å². The lowest BCUT2D eigenvalue weighted by molar-refractivity contribution is 0.408. The molecule has 1 saturated carbocycles. The molecule has 3 nitrogen and oxygen atoms in total. The van der Waals surface area contributed by atoms with Crippen molar-refractivity contribution in [2.45, 2.75) is 25.2 Å². The molecular formula is C14H15F2N3. The van der Waals surface area contributed by atoms with Gasteiger partial charge in [-0.25, -0.2) is 8.78 Å². The van der Waals surface area contributed by atoms with Crippen molar-refractivity contribution in [1.82, 2.24) is 9.78 Å². The van der Waals surface area contributed by atoms with Crippen LogP contribution in [0.4, 0.5) is 14.6 Å². The standard InChI is InChI=1S/C14H15F2N3/c1-19-14(17)12(13(18-19)8-3-2-4-8)10-6-5-9(15)7-11(10)16/h5-8H,2-4,17H2,1H3. The summed E-state index contributed by atoms with van der Waals surface area (Å²) in [5.41, 5.74) is 7.77. The molecule has 0 amide bonds. The highest BCUT2D eigenvalue weighted by Gasteiger charge is 2.29. The zero-order valence-electron chi connectivity index (χ0n) is 10.7. The van der Waals surface area contributed by atoms with Crippen LogP contribution in [-0.2, 0) is 7.05 Å². The third-order valence-electron chi connectivity index (χ3n) is 3.81. The van der Waals surface area contributed by atoms with Crippen molar-refractivity contribution in [2.75, 3.05) is 5.73 Å². The first kappa shape index (κ1) is 12.1. The number of hydrogen-bond acceptors (Lipinski definition) is 2. The van der Waals surface area contributed by atoms with E-state index in [1.807, 2.05) is 0 Å². The first-order valence-corrected chi connectivity index (χ1v) is 6.35. The summed E-state index contributed by atoms with van der Waals surface area (Å²) in [5, 5.41) is 4.40. The second kappa shape index (κ2) is 4.33. The Morgan fingerprint density at radius 3 is 2.63 bits per heavy atom. The van der Waals surface area contributed by atoms with Crippen molar-refractivity contribution in [2.24, 2.45) is 7.05 Å². The summed E-state index contributed by atoms with van der Waals surface area (Å²) in [6.45, 7) is 0. The summed E-state index contributed by atoms with van der Waals surface area (Å²) >= 11 is 0. The van der Waals surface area contributed by atoms with E-state index in [0.717, 1.165) is 31.0 Å². The molecule has 5 heteroatoms. The number of aryl methyl sites for hydroxylation is 1. The van der Waals surface area contributed by atoms with Crippen molar-refractivity contribution in [3.05, 3.63) is 35.5 Å². The number of rotatable bonds is 2. The molecule has 0 bridgehead atoms. The molecule has 1 heterocycles. The fraction of sp³-hybridized carbons (Fsp3) is 0.357. The van der Waals surface area contributed by atoms with E-state index in [0.29, 0.717) is 22.9 Å². The number of nitrogen functional groups attached to an aromatic ring is 1. The van der Waals surface area contributed by atoms with E-state index in [9.17, 15) is 8.78 Å². The Balaban J connectivity index is 2.17. The highest BCUT2D eigenvalue weighted by atomic mass is 19.1. The highest BCUT2D eigenvalue weighted by Crippen LogP contribution is 2.43. The monoisotopic (exact) mass is 263 g/mol. The van der Waals surface area contributed by atoms with Crippen LogP contribution in [0.2, 0.25) is 0 Å². The van der Waals surface area contributed by atoms with Crippen LogP contribution < -0.4 is 5.73 Å². The molecule has 3 rings (SSSR count). The average molecular weight is 263 g/mol. The molecule has 0 unspecified atom stereocenters. The van der Waals surface area contributed by atoms with Crippen molar-refractivity contribution < 1.29 is 8.78 Å². The SMILES string of the molecule is Cn1nc(C2CCC2)c(-c2ccc(F)cc2F)c1N. The van der Waals surface area contributed by atoms with Crippen molar-refractivity contribution in [3.63, 3.8) is 0 Å². The molecule has 100 valence electrons. The van der Waals surface area contributed by atoms with Crippen LogP contribution in [0.25, 0.3) is 11.1 Å². The number of halogens is 2. The van der Waals surface area contributed by atoms with Gasteiger partial charge in [0.1, 0.15) is 17.5 Å². The van der Waals surface area contributed by atoms with Gasteiger partial charge >= 0.3 is 0 Å². The number of aromatic nitrogens is 2. The molecule has 2 aromatic rings. The van der Waals surface area contributed by atoms with E-state index < -0.39 is 11.6 Å². The largest absolute Gasteiger partial charge is 0.383 e. The van der Waals surface area contributed by atoms with Crippen molar-refractivity contribution >= 4 is 5.82 Å². The minimum atomic E-state index is -0.597. The topological polar surface area (TPSA) is 43.8 Å². The molecule has 1 aromatic carbocycles. The molecule has 0 spiro atoms. The summed E-state index contributed by atoms with van der Waals surface area (Å²) < 4.78 is 28.5. The molecular weight excluding hydrogens is 248 g/mol. The molecule has 0 atom stereocenters. The lowest BCUT2D eigenvalue weighted by Crippen LogP contribution is -2.11.